The second kappa shape index (κ2) is 7.93. The monoisotopic (exact) mass is 433 g/mol. The Balaban J connectivity index is 1.54. The molecule has 1 aliphatic heterocycles. The number of anilines is 1. The molecule has 0 bridgehead atoms. The number of hydrogen-bond donors (Lipinski definition) is 2. The third-order valence-corrected chi connectivity index (χ3v) is 6.21. The number of carbonyl (C=O) groups is 1. The normalized spacial score (nSPS) is 14.1. The summed E-state index contributed by atoms with van der Waals surface area (Å²) in [5, 5.41) is 17.9. The van der Waals surface area contributed by atoms with Crippen LogP contribution in [0.15, 0.2) is 59.4 Å². The molecule has 0 radical (unpaired) electrons. The topological polar surface area (TPSA) is 99.8 Å². The molecule has 5 rings (SSSR count). The number of carboxylic acid groups (broad SMARTS) is 1. The zero-order valence-corrected chi connectivity index (χ0v) is 17.3. The van der Waals surface area contributed by atoms with Crippen molar-refractivity contribution in [2.45, 2.75) is 0 Å². The van der Waals surface area contributed by atoms with Crippen molar-refractivity contribution in [2.75, 3.05) is 31.1 Å². The van der Waals surface area contributed by atoms with Crippen molar-refractivity contribution in [1.82, 2.24) is 19.9 Å². The average Bonchev–Trinajstić information content (AvgIpc) is 3.23. The van der Waals surface area contributed by atoms with Crippen molar-refractivity contribution >= 4 is 28.1 Å². The van der Waals surface area contributed by atoms with E-state index in [9.17, 15) is 9.59 Å². The van der Waals surface area contributed by atoms with Crippen molar-refractivity contribution in [3.05, 3.63) is 70.5 Å². The minimum absolute atomic E-state index is 0.252. The van der Waals surface area contributed by atoms with Gasteiger partial charge in [0, 0.05) is 37.8 Å². The zero-order valence-electron chi connectivity index (χ0n) is 16.5. The molecule has 4 aromatic rings. The van der Waals surface area contributed by atoms with Gasteiger partial charge in [0.2, 0.25) is 4.96 Å². The van der Waals surface area contributed by atoms with Crippen LogP contribution in [-0.2, 0) is 0 Å². The summed E-state index contributed by atoms with van der Waals surface area (Å²) < 4.78 is 1.75. The van der Waals surface area contributed by atoms with E-state index in [1.807, 2.05) is 24.3 Å². The maximum atomic E-state index is 12.2. The number of nitrogens with one attached hydrogen (secondary N) is 1. The standard InChI is InChI=1S/C22H19N5O3S/c28-18-13-19(26-10-8-23-9-11-26)27-22(24-18)31-20(25-27)17-3-1-2-16(12-17)14-4-6-15(7-5-14)21(29)30/h1-7,12-13,23H,8-11H2,(H,29,30). The summed E-state index contributed by atoms with van der Waals surface area (Å²) in [6.07, 6.45) is 0. The van der Waals surface area contributed by atoms with Gasteiger partial charge in [0.25, 0.3) is 5.56 Å². The van der Waals surface area contributed by atoms with Crippen LogP contribution in [-0.4, -0.2) is 51.9 Å². The molecule has 0 aliphatic carbocycles. The Morgan fingerprint density at radius 1 is 1.00 bits per heavy atom. The molecule has 1 saturated heterocycles. The third-order valence-electron chi connectivity index (χ3n) is 5.25. The Hall–Kier alpha value is -3.56. The molecule has 9 heteroatoms. The molecule has 3 heterocycles. The molecule has 1 aliphatic rings. The van der Waals surface area contributed by atoms with Crippen molar-refractivity contribution in [3.8, 4) is 21.7 Å². The molecule has 0 unspecified atom stereocenters. The lowest BCUT2D eigenvalue weighted by molar-refractivity contribution is 0.0697. The summed E-state index contributed by atoms with van der Waals surface area (Å²) in [4.78, 5) is 30.1. The fourth-order valence-electron chi connectivity index (χ4n) is 3.67. The van der Waals surface area contributed by atoms with Crippen LogP contribution >= 0.6 is 11.3 Å². The fourth-order valence-corrected chi connectivity index (χ4v) is 4.57. The molecule has 2 N–H and O–H groups in total. The quantitative estimate of drug-likeness (QED) is 0.510. The van der Waals surface area contributed by atoms with Crippen LogP contribution in [0.5, 0.6) is 0 Å². The lowest BCUT2D eigenvalue weighted by atomic mass is 10.0. The van der Waals surface area contributed by atoms with E-state index in [0.29, 0.717) is 4.96 Å². The predicted molar refractivity (Wildman–Crippen MR) is 120 cm³/mol. The van der Waals surface area contributed by atoms with Crippen LogP contribution in [0.25, 0.3) is 26.7 Å². The van der Waals surface area contributed by atoms with Gasteiger partial charge in [-0.1, -0.05) is 41.7 Å². The van der Waals surface area contributed by atoms with E-state index >= 15 is 0 Å². The lowest BCUT2D eigenvalue weighted by Gasteiger charge is -2.28. The summed E-state index contributed by atoms with van der Waals surface area (Å²) in [5.74, 6) is -0.184. The van der Waals surface area contributed by atoms with E-state index in [1.54, 1.807) is 34.8 Å². The van der Waals surface area contributed by atoms with E-state index < -0.39 is 5.97 Å². The average molecular weight is 433 g/mol. The number of rotatable bonds is 4. The summed E-state index contributed by atoms with van der Waals surface area (Å²) in [5.41, 5.74) is 2.77. The first-order chi connectivity index (χ1) is 15.1. The van der Waals surface area contributed by atoms with Crippen molar-refractivity contribution in [1.29, 1.82) is 0 Å². The lowest BCUT2D eigenvalue weighted by Crippen LogP contribution is -2.44. The molecule has 156 valence electrons. The summed E-state index contributed by atoms with van der Waals surface area (Å²) in [6.45, 7) is 3.33. The van der Waals surface area contributed by atoms with Crippen molar-refractivity contribution < 1.29 is 9.90 Å². The Kier molecular flexibility index (Phi) is 4.97. The highest BCUT2D eigenvalue weighted by molar-refractivity contribution is 7.19. The highest BCUT2D eigenvalue weighted by Crippen LogP contribution is 2.30. The number of aromatic carboxylic acids is 1. The van der Waals surface area contributed by atoms with E-state index in [-0.39, 0.29) is 11.1 Å². The second-order valence-electron chi connectivity index (χ2n) is 7.25. The summed E-state index contributed by atoms with van der Waals surface area (Å²) in [7, 11) is 0. The van der Waals surface area contributed by atoms with Gasteiger partial charge in [-0.15, -0.1) is 0 Å². The molecule has 31 heavy (non-hydrogen) atoms. The van der Waals surface area contributed by atoms with E-state index in [0.717, 1.165) is 53.7 Å². The summed E-state index contributed by atoms with van der Waals surface area (Å²) in [6, 6.07) is 16.2. The number of nitrogens with zero attached hydrogens (tertiary/aromatic N) is 4. The van der Waals surface area contributed by atoms with Crippen LogP contribution < -0.4 is 15.8 Å². The second-order valence-corrected chi connectivity index (χ2v) is 8.21. The van der Waals surface area contributed by atoms with Crippen molar-refractivity contribution in [2.24, 2.45) is 0 Å². The van der Waals surface area contributed by atoms with Gasteiger partial charge in [-0.25, -0.2) is 4.79 Å². The Morgan fingerprint density at radius 2 is 1.74 bits per heavy atom. The SMILES string of the molecule is O=C(O)c1ccc(-c2cccc(-c3nn4c(N5CCNCC5)cc(=O)nc4s3)c2)cc1. The van der Waals surface area contributed by atoms with E-state index in [1.165, 1.54) is 11.3 Å². The molecule has 2 aromatic carbocycles. The Labute approximate surface area is 181 Å². The van der Waals surface area contributed by atoms with Crippen LogP contribution in [0.3, 0.4) is 0 Å². The number of aromatic nitrogens is 3. The zero-order chi connectivity index (χ0) is 21.4. The molecule has 0 amide bonds. The number of benzene rings is 2. The first-order valence-electron chi connectivity index (χ1n) is 9.89. The maximum absolute atomic E-state index is 12.2. The van der Waals surface area contributed by atoms with E-state index in [2.05, 4.69) is 15.2 Å². The number of hydrogen-bond acceptors (Lipinski definition) is 7. The fraction of sp³-hybridized carbons (Fsp3) is 0.182. The summed E-state index contributed by atoms with van der Waals surface area (Å²) >= 11 is 1.37. The van der Waals surface area contributed by atoms with Crippen LogP contribution in [0.2, 0.25) is 0 Å². The van der Waals surface area contributed by atoms with Crippen molar-refractivity contribution in [3.63, 3.8) is 0 Å². The highest BCUT2D eigenvalue weighted by atomic mass is 32.1. The highest BCUT2D eigenvalue weighted by Gasteiger charge is 2.18. The van der Waals surface area contributed by atoms with Gasteiger partial charge in [0.1, 0.15) is 10.8 Å². The molecule has 0 spiro atoms. The predicted octanol–water partition coefficient (Wildman–Crippen LogP) is 2.59. The van der Waals surface area contributed by atoms with Crippen LogP contribution in [0, 0.1) is 0 Å². The molecular weight excluding hydrogens is 414 g/mol. The Morgan fingerprint density at radius 3 is 2.48 bits per heavy atom. The van der Waals surface area contributed by atoms with Gasteiger partial charge >= 0.3 is 5.97 Å². The van der Waals surface area contributed by atoms with Crippen LogP contribution in [0.1, 0.15) is 10.4 Å². The molecule has 0 saturated carbocycles. The van der Waals surface area contributed by atoms with Gasteiger partial charge in [0.05, 0.1) is 5.56 Å². The molecule has 0 atom stereocenters. The van der Waals surface area contributed by atoms with Gasteiger partial charge in [-0.05, 0) is 29.3 Å². The van der Waals surface area contributed by atoms with Gasteiger partial charge in [0.15, 0.2) is 0 Å². The third kappa shape index (κ3) is 3.80. The number of carboxylic acids is 1. The maximum Gasteiger partial charge on any atom is 0.335 e. The van der Waals surface area contributed by atoms with E-state index in [4.69, 9.17) is 10.2 Å². The minimum atomic E-state index is -0.947. The minimum Gasteiger partial charge on any atom is -0.478 e. The van der Waals surface area contributed by atoms with Gasteiger partial charge in [-0.2, -0.15) is 14.6 Å². The van der Waals surface area contributed by atoms with Gasteiger partial charge in [-0.3, -0.25) is 4.79 Å². The largest absolute Gasteiger partial charge is 0.478 e. The molecule has 2 aromatic heterocycles. The molecule has 8 nitrogen and oxygen atoms in total. The smallest absolute Gasteiger partial charge is 0.335 e. The van der Waals surface area contributed by atoms with Crippen LogP contribution in [0.4, 0.5) is 5.82 Å². The first kappa shape index (κ1) is 19.4. The molecular formula is C22H19N5O3S. The van der Waals surface area contributed by atoms with Gasteiger partial charge < -0.3 is 15.3 Å². The Bertz CT molecular complexity index is 1320. The first-order valence-corrected chi connectivity index (χ1v) is 10.7. The number of fused-ring (bicyclic) bond motifs is 1. The number of piperazine rings is 1. The molecule has 1 fully saturated rings.